The van der Waals surface area contributed by atoms with Gasteiger partial charge in [0, 0.05) is 47.7 Å². The highest BCUT2D eigenvalue weighted by Gasteiger charge is 2.22. The fourth-order valence-electron chi connectivity index (χ4n) is 4.43. The summed E-state index contributed by atoms with van der Waals surface area (Å²) in [6.07, 6.45) is 2.70. The Balaban J connectivity index is 1.57. The molecule has 36 heavy (non-hydrogen) atoms. The molecule has 0 aliphatic carbocycles. The van der Waals surface area contributed by atoms with Crippen LogP contribution in [-0.4, -0.2) is 41.4 Å². The number of nitrogens with zero attached hydrogens (tertiary/aromatic N) is 1. The van der Waals surface area contributed by atoms with Crippen molar-refractivity contribution in [1.82, 2.24) is 15.2 Å². The molecule has 7 heteroatoms. The molecule has 0 bridgehead atoms. The summed E-state index contributed by atoms with van der Waals surface area (Å²) in [6, 6.07) is 22.7. The standard InChI is InChI=1S/C29H30ClN3O3/c1-20(34)33(18-22-10-4-8-14-28(22)36-2)19-24(15-23-17-31-27-13-7-5-11-25(23)27)32-29(35)16-21-9-3-6-12-26(21)30/h3-14,17,24,31H,15-16,18-19H2,1-2H3,(H,32,35). The van der Waals surface area contributed by atoms with Crippen molar-refractivity contribution in [1.29, 1.82) is 0 Å². The van der Waals surface area contributed by atoms with Crippen LogP contribution in [0.4, 0.5) is 0 Å². The third kappa shape index (κ3) is 6.26. The summed E-state index contributed by atoms with van der Waals surface area (Å²) in [5.41, 5.74) is 3.78. The monoisotopic (exact) mass is 503 g/mol. The number of aromatic nitrogens is 1. The van der Waals surface area contributed by atoms with Gasteiger partial charge in [-0.1, -0.05) is 66.2 Å². The molecule has 0 aliphatic heterocycles. The number of fused-ring (bicyclic) bond motifs is 1. The van der Waals surface area contributed by atoms with E-state index in [2.05, 4.69) is 16.4 Å². The van der Waals surface area contributed by atoms with Gasteiger partial charge >= 0.3 is 0 Å². The second-order valence-electron chi connectivity index (χ2n) is 8.81. The molecule has 1 unspecified atom stereocenters. The molecular weight excluding hydrogens is 474 g/mol. The third-order valence-corrected chi connectivity index (χ3v) is 6.62. The van der Waals surface area contributed by atoms with Crippen molar-refractivity contribution in [3.8, 4) is 5.75 Å². The molecule has 0 fully saturated rings. The number of H-pyrrole nitrogens is 1. The maximum atomic E-state index is 13.1. The Labute approximate surface area is 216 Å². The number of nitrogens with one attached hydrogen (secondary N) is 2. The van der Waals surface area contributed by atoms with Crippen LogP contribution in [0.2, 0.25) is 5.02 Å². The molecule has 1 heterocycles. The molecule has 0 saturated heterocycles. The molecule has 2 amide bonds. The fraction of sp³-hybridized carbons (Fsp3) is 0.241. The van der Waals surface area contributed by atoms with Gasteiger partial charge in [0.2, 0.25) is 11.8 Å². The first-order valence-corrected chi connectivity index (χ1v) is 12.3. The molecule has 3 aromatic carbocycles. The Hall–Kier alpha value is -3.77. The van der Waals surface area contributed by atoms with E-state index in [-0.39, 0.29) is 24.3 Å². The molecule has 2 N–H and O–H groups in total. The second kappa shape index (κ2) is 11.8. The van der Waals surface area contributed by atoms with Crippen molar-refractivity contribution >= 4 is 34.3 Å². The number of carbonyl (C=O) groups excluding carboxylic acids is 2. The predicted molar refractivity (Wildman–Crippen MR) is 143 cm³/mol. The topological polar surface area (TPSA) is 74.4 Å². The van der Waals surface area contributed by atoms with Crippen LogP contribution < -0.4 is 10.1 Å². The molecule has 1 aromatic heterocycles. The van der Waals surface area contributed by atoms with Crippen molar-refractivity contribution in [2.45, 2.75) is 32.4 Å². The number of hydrogen-bond donors (Lipinski definition) is 2. The van der Waals surface area contributed by atoms with Crippen LogP contribution in [-0.2, 0) is 29.0 Å². The Kier molecular flexibility index (Phi) is 8.28. The second-order valence-corrected chi connectivity index (χ2v) is 9.21. The van der Waals surface area contributed by atoms with Gasteiger partial charge in [-0.15, -0.1) is 0 Å². The van der Waals surface area contributed by atoms with Gasteiger partial charge in [0.15, 0.2) is 0 Å². The Morgan fingerprint density at radius 2 is 1.67 bits per heavy atom. The number of carbonyl (C=O) groups is 2. The lowest BCUT2D eigenvalue weighted by atomic mass is 10.0. The predicted octanol–water partition coefficient (Wildman–Crippen LogP) is 5.15. The molecule has 6 nitrogen and oxygen atoms in total. The van der Waals surface area contributed by atoms with E-state index in [1.165, 1.54) is 0 Å². The minimum Gasteiger partial charge on any atom is -0.496 e. The van der Waals surface area contributed by atoms with Crippen LogP contribution in [0, 0.1) is 0 Å². The summed E-state index contributed by atoms with van der Waals surface area (Å²) < 4.78 is 5.48. The van der Waals surface area contributed by atoms with Crippen molar-refractivity contribution < 1.29 is 14.3 Å². The number of halogens is 1. The van der Waals surface area contributed by atoms with Crippen molar-refractivity contribution in [3.05, 3.63) is 101 Å². The average Bonchev–Trinajstić information content (AvgIpc) is 3.28. The van der Waals surface area contributed by atoms with E-state index in [1.54, 1.807) is 25.0 Å². The lowest BCUT2D eigenvalue weighted by Crippen LogP contribution is -2.46. The smallest absolute Gasteiger partial charge is 0.224 e. The highest BCUT2D eigenvalue weighted by Crippen LogP contribution is 2.22. The molecule has 0 saturated carbocycles. The SMILES string of the molecule is COc1ccccc1CN(CC(Cc1c[nH]c2ccccc12)NC(=O)Cc1ccccc1Cl)C(C)=O. The number of hydrogen-bond acceptors (Lipinski definition) is 3. The molecule has 0 radical (unpaired) electrons. The Bertz CT molecular complexity index is 1350. The normalized spacial score (nSPS) is 11.8. The van der Waals surface area contributed by atoms with Crippen LogP contribution >= 0.6 is 11.6 Å². The lowest BCUT2D eigenvalue weighted by Gasteiger charge is -2.28. The van der Waals surface area contributed by atoms with Crippen molar-refractivity contribution in [3.63, 3.8) is 0 Å². The number of rotatable bonds is 10. The lowest BCUT2D eigenvalue weighted by molar-refractivity contribution is -0.130. The van der Waals surface area contributed by atoms with Crippen LogP contribution in [0.5, 0.6) is 5.75 Å². The summed E-state index contributed by atoms with van der Waals surface area (Å²) in [5.74, 6) is 0.499. The van der Waals surface area contributed by atoms with Gasteiger partial charge < -0.3 is 19.9 Å². The quantitative estimate of drug-likeness (QED) is 0.314. The average molecular weight is 504 g/mol. The van der Waals surface area contributed by atoms with Crippen LogP contribution in [0.1, 0.15) is 23.6 Å². The van der Waals surface area contributed by atoms with Crippen LogP contribution in [0.3, 0.4) is 0 Å². The summed E-state index contributed by atoms with van der Waals surface area (Å²) in [5, 5.41) is 4.82. The van der Waals surface area contributed by atoms with E-state index in [4.69, 9.17) is 16.3 Å². The molecule has 4 rings (SSSR count). The highest BCUT2D eigenvalue weighted by molar-refractivity contribution is 6.31. The summed E-state index contributed by atoms with van der Waals surface area (Å²) in [4.78, 5) is 30.8. The molecular formula is C29H30ClN3O3. The van der Waals surface area contributed by atoms with Gasteiger partial charge in [0.1, 0.15) is 5.75 Å². The minimum absolute atomic E-state index is 0.0785. The number of amides is 2. The molecule has 1 atom stereocenters. The van der Waals surface area contributed by atoms with Crippen molar-refractivity contribution in [2.75, 3.05) is 13.7 Å². The van der Waals surface area contributed by atoms with E-state index in [0.29, 0.717) is 24.5 Å². The largest absolute Gasteiger partial charge is 0.496 e. The number of benzene rings is 3. The Morgan fingerprint density at radius 3 is 2.42 bits per heavy atom. The van der Waals surface area contributed by atoms with Gasteiger partial charge in [-0.3, -0.25) is 9.59 Å². The summed E-state index contributed by atoms with van der Waals surface area (Å²) >= 11 is 6.28. The molecule has 4 aromatic rings. The highest BCUT2D eigenvalue weighted by atomic mass is 35.5. The first kappa shape index (κ1) is 25.3. The summed E-state index contributed by atoms with van der Waals surface area (Å²) in [6.45, 7) is 2.27. The maximum Gasteiger partial charge on any atom is 0.224 e. The van der Waals surface area contributed by atoms with E-state index in [0.717, 1.165) is 33.3 Å². The maximum absolute atomic E-state index is 13.1. The van der Waals surface area contributed by atoms with Gasteiger partial charge in [0.25, 0.3) is 0 Å². The fourth-order valence-corrected chi connectivity index (χ4v) is 4.63. The van der Waals surface area contributed by atoms with Gasteiger partial charge in [-0.2, -0.15) is 0 Å². The Morgan fingerprint density at radius 1 is 0.972 bits per heavy atom. The third-order valence-electron chi connectivity index (χ3n) is 6.26. The van der Waals surface area contributed by atoms with Gasteiger partial charge in [-0.05, 0) is 35.7 Å². The number of ether oxygens (including phenoxy) is 1. The molecule has 0 spiro atoms. The van der Waals surface area contributed by atoms with Crippen LogP contribution in [0.25, 0.3) is 10.9 Å². The summed E-state index contributed by atoms with van der Waals surface area (Å²) in [7, 11) is 1.62. The first-order chi connectivity index (χ1) is 17.4. The zero-order valence-corrected chi connectivity index (χ0v) is 21.2. The zero-order chi connectivity index (χ0) is 25.5. The van der Waals surface area contributed by atoms with Crippen LogP contribution in [0.15, 0.2) is 79.0 Å². The van der Waals surface area contributed by atoms with Gasteiger partial charge in [0.05, 0.1) is 19.6 Å². The van der Waals surface area contributed by atoms with E-state index < -0.39 is 0 Å². The number of para-hydroxylation sites is 2. The van der Waals surface area contributed by atoms with E-state index in [9.17, 15) is 9.59 Å². The number of methoxy groups -OCH3 is 1. The van der Waals surface area contributed by atoms with Gasteiger partial charge in [-0.25, -0.2) is 0 Å². The molecule has 186 valence electrons. The first-order valence-electron chi connectivity index (χ1n) is 11.9. The van der Waals surface area contributed by atoms with E-state index in [1.807, 2.05) is 66.9 Å². The number of aromatic amines is 1. The zero-order valence-electron chi connectivity index (χ0n) is 20.5. The van der Waals surface area contributed by atoms with Crippen molar-refractivity contribution in [2.24, 2.45) is 0 Å². The molecule has 0 aliphatic rings. The van der Waals surface area contributed by atoms with E-state index >= 15 is 0 Å². The minimum atomic E-state index is -0.308.